The van der Waals surface area contributed by atoms with Gasteiger partial charge in [0.2, 0.25) is 0 Å². The van der Waals surface area contributed by atoms with E-state index in [1.165, 1.54) is 6.42 Å². The summed E-state index contributed by atoms with van der Waals surface area (Å²) in [7, 11) is 0. The SMILES string of the molecule is O=C(NCc1ccc(Br)cc1)N[C@@H]1C[C@H]2OCCC[C@@H]12. The minimum atomic E-state index is -0.0815. The van der Waals surface area contributed by atoms with Gasteiger partial charge in [0, 0.05) is 29.6 Å². The van der Waals surface area contributed by atoms with Crippen LogP contribution in [0, 0.1) is 5.92 Å². The maximum Gasteiger partial charge on any atom is 0.315 e. The molecular weight excluding hydrogens is 320 g/mol. The third-order valence-electron chi connectivity index (χ3n) is 4.18. The monoisotopic (exact) mass is 338 g/mol. The second-order valence-electron chi connectivity index (χ2n) is 5.51. The van der Waals surface area contributed by atoms with Crippen LogP contribution in [0.2, 0.25) is 0 Å². The predicted octanol–water partition coefficient (Wildman–Crippen LogP) is 2.82. The Labute approximate surface area is 127 Å². The van der Waals surface area contributed by atoms with E-state index in [-0.39, 0.29) is 12.1 Å². The van der Waals surface area contributed by atoms with Gasteiger partial charge >= 0.3 is 6.03 Å². The van der Waals surface area contributed by atoms with Crippen LogP contribution in [0.1, 0.15) is 24.8 Å². The fourth-order valence-electron chi connectivity index (χ4n) is 2.97. The molecule has 0 spiro atoms. The summed E-state index contributed by atoms with van der Waals surface area (Å²) >= 11 is 3.40. The van der Waals surface area contributed by atoms with Crippen molar-refractivity contribution < 1.29 is 9.53 Å². The van der Waals surface area contributed by atoms with Gasteiger partial charge in [-0.2, -0.15) is 0 Å². The number of urea groups is 1. The molecule has 3 rings (SSSR count). The van der Waals surface area contributed by atoms with Crippen molar-refractivity contribution in [2.75, 3.05) is 6.61 Å². The van der Waals surface area contributed by atoms with Gasteiger partial charge in [-0.05, 0) is 37.0 Å². The molecular formula is C15H19BrN2O2. The molecule has 1 aliphatic carbocycles. The van der Waals surface area contributed by atoms with Crippen molar-refractivity contribution in [2.45, 2.75) is 38.0 Å². The number of hydrogen-bond donors (Lipinski definition) is 2. The van der Waals surface area contributed by atoms with Crippen LogP contribution in [0.15, 0.2) is 28.7 Å². The van der Waals surface area contributed by atoms with Gasteiger partial charge in [-0.1, -0.05) is 28.1 Å². The van der Waals surface area contributed by atoms with Crippen LogP contribution in [-0.2, 0) is 11.3 Å². The Morgan fingerprint density at radius 1 is 1.35 bits per heavy atom. The van der Waals surface area contributed by atoms with Gasteiger partial charge in [-0.15, -0.1) is 0 Å². The van der Waals surface area contributed by atoms with E-state index in [9.17, 15) is 4.79 Å². The normalized spacial score (nSPS) is 28.1. The van der Waals surface area contributed by atoms with Crippen LogP contribution in [0.5, 0.6) is 0 Å². The highest BCUT2D eigenvalue weighted by atomic mass is 79.9. The summed E-state index contributed by atoms with van der Waals surface area (Å²) in [4.78, 5) is 11.9. The van der Waals surface area contributed by atoms with Crippen molar-refractivity contribution in [1.82, 2.24) is 10.6 Å². The second kappa shape index (κ2) is 6.14. The molecule has 1 aliphatic heterocycles. The third kappa shape index (κ3) is 3.15. The lowest BCUT2D eigenvalue weighted by Crippen LogP contribution is -2.59. The smallest absolute Gasteiger partial charge is 0.315 e. The molecule has 2 aliphatic rings. The molecule has 4 nitrogen and oxygen atoms in total. The van der Waals surface area contributed by atoms with E-state index in [0.717, 1.165) is 29.5 Å². The number of ether oxygens (including phenoxy) is 1. The van der Waals surface area contributed by atoms with Gasteiger partial charge in [0.15, 0.2) is 0 Å². The molecule has 3 atom stereocenters. The van der Waals surface area contributed by atoms with Crippen LogP contribution < -0.4 is 10.6 Å². The predicted molar refractivity (Wildman–Crippen MR) is 80.4 cm³/mol. The first kappa shape index (κ1) is 13.9. The van der Waals surface area contributed by atoms with E-state index < -0.39 is 0 Å². The van der Waals surface area contributed by atoms with E-state index in [1.807, 2.05) is 24.3 Å². The molecule has 1 heterocycles. The fourth-order valence-corrected chi connectivity index (χ4v) is 3.23. The lowest BCUT2D eigenvalue weighted by Gasteiger charge is -2.47. The quantitative estimate of drug-likeness (QED) is 0.890. The average Bonchev–Trinajstić information content (AvgIpc) is 2.44. The number of benzene rings is 1. The average molecular weight is 339 g/mol. The molecule has 2 fully saturated rings. The lowest BCUT2D eigenvalue weighted by atomic mass is 9.72. The summed E-state index contributed by atoms with van der Waals surface area (Å²) in [5.74, 6) is 0.516. The zero-order valence-electron chi connectivity index (χ0n) is 11.3. The summed E-state index contributed by atoms with van der Waals surface area (Å²) < 4.78 is 6.70. The first-order valence-corrected chi connectivity index (χ1v) is 7.92. The van der Waals surface area contributed by atoms with Crippen LogP contribution in [-0.4, -0.2) is 24.8 Å². The fraction of sp³-hybridized carbons (Fsp3) is 0.533. The minimum absolute atomic E-state index is 0.0815. The molecule has 0 unspecified atom stereocenters. The van der Waals surface area contributed by atoms with Crippen molar-refractivity contribution in [2.24, 2.45) is 5.92 Å². The maximum absolute atomic E-state index is 11.9. The minimum Gasteiger partial charge on any atom is -0.378 e. The van der Waals surface area contributed by atoms with Crippen molar-refractivity contribution in [3.05, 3.63) is 34.3 Å². The highest BCUT2D eigenvalue weighted by Crippen LogP contribution is 2.37. The van der Waals surface area contributed by atoms with E-state index in [0.29, 0.717) is 18.6 Å². The van der Waals surface area contributed by atoms with Gasteiger partial charge in [-0.3, -0.25) is 0 Å². The Bertz CT molecular complexity index is 477. The molecule has 5 heteroatoms. The zero-order valence-corrected chi connectivity index (χ0v) is 12.9. The van der Waals surface area contributed by atoms with Crippen molar-refractivity contribution >= 4 is 22.0 Å². The number of halogens is 1. The molecule has 1 aromatic carbocycles. The van der Waals surface area contributed by atoms with Crippen LogP contribution >= 0.6 is 15.9 Å². The van der Waals surface area contributed by atoms with Gasteiger partial charge in [0.1, 0.15) is 0 Å². The van der Waals surface area contributed by atoms with Crippen molar-refractivity contribution in [3.63, 3.8) is 0 Å². The summed E-state index contributed by atoms with van der Waals surface area (Å²) in [6.07, 6.45) is 3.61. The van der Waals surface area contributed by atoms with Gasteiger partial charge in [-0.25, -0.2) is 4.79 Å². The highest BCUT2D eigenvalue weighted by Gasteiger charge is 2.43. The summed E-state index contributed by atoms with van der Waals surface area (Å²) in [5.41, 5.74) is 1.09. The number of amides is 2. The number of carbonyl (C=O) groups excluding carboxylic acids is 1. The second-order valence-corrected chi connectivity index (χ2v) is 6.43. The van der Waals surface area contributed by atoms with Crippen LogP contribution in [0.25, 0.3) is 0 Å². The summed E-state index contributed by atoms with van der Waals surface area (Å²) in [6.45, 7) is 1.43. The number of fused-ring (bicyclic) bond motifs is 1. The molecule has 1 saturated carbocycles. The van der Waals surface area contributed by atoms with E-state index in [4.69, 9.17) is 4.74 Å². The largest absolute Gasteiger partial charge is 0.378 e. The van der Waals surface area contributed by atoms with E-state index >= 15 is 0 Å². The number of nitrogens with one attached hydrogen (secondary N) is 2. The molecule has 0 aromatic heterocycles. The Balaban J connectivity index is 1.42. The molecule has 0 bridgehead atoms. The molecule has 2 N–H and O–H groups in total. The summed E-state index contributed by atoms with van der Waals surface area (Å²) in [6, 6.07) is 8.15. The van der Waals surface area contributed by atoms with E-state index in [1.54, 1.807) is 0 Å². The number of rotatable bonds is 3. The lowest BCUT2D eigenvalue weighted by molar-refractivity contribution is -0.0999. The zero-order chi connectivity index (χ0) is 13.9. The molecule has 20 heavy (non-hydrogen) atoms. The summed E-state index contributed by atoms with van der Waals surface area (Å²) in [5, 5.41) is 5.96. The van der Waals surface area contributed by atoms with Crippen LogP contribution in [0.4, 0.5) is 4.79 Å². The van der Waals surface area contributed by atoms with Crippen LogP contribution in [0.3, 0.4) is 0 Å². The first-order valence-electron chi connectivity index (χ1n) is 7.13. The van der Waals surface area contributed by atoms with Gasteiger partial charge in [0.25, 0.3) is 0 Å². The Hall–Kier alpha value is -1.07. The number of carbonyl (C=O) groups is 1. The third-order valence-corrected chi connectivity index (χ3v) is 4.71. The molecule has 108 valence electrons. The standard InChI is InChI=1S/C15H19BrN2O2/c16-11-5-3-10(4-6-11)9-17-15(19)18-13-8-14-12(13)2-1-7-20-14/h3-6,12-14H,1-2,7-9H2,(H2,17,18,19)/t12-,13+,14+/m0/s1. The Kier molecular flexibility index (Phi) is 4.27. The van der Waals surface area contributed by atoms with Gasteiger partial charge < -0.3 is 15.4 Å². The van der Waals surface area contributed by atoms with Crippen molar-refractivity contribution in [1.29, 1.82) is 0 Å². The maximum atomic E-state index is 11.9. The van der Waals surface area contributed by atoms with E-state index in [2.05, 4.69) is 26.6 Å². The van der Waals surface area contributed by atoms with Crippen molar-refractivity contribution in [3.8, 4) is 0 Å². The Morgan fingerprint density at radius 3 is 2.90 bits per heavy atom. The topological polar surface area (TPSA) is 50.4 Å². The number of hydrogen-bond acceptors (Lipinski definition) is 2. The Morgan fingerprint density at radius 2 is 2.15 bits per heavy atom. The molecule has 1 aromatic rings. The highest BCUT2D eigenvalue weighted by molar-refractivity contribution is 9.10. The first-order chi connectivity index (χ1) is 9.72. The van der Waals surface area contributed by atoms with Gasteiger partial charge in [0.05, 0.1) is 6.10 Å². The molecule has 1 saturated heterocycles. The molecule has 0 radical (unpaired) electrons. The molecule has 2 amide bonds.